The van der Waals surface area contributed by atoms with Crippen LogP contribution in [-0.4, -0.2) is 24.0 Å². The lowest BCUT2D eigenvalue weighted by Crippen LogP contribution is -2.26. The van der Waals surface area contributed by atoms with Crippen LogP contribution in [0.3, 0.4) is 0 Å². The number of aromatic nitrogens is 1. The van der Waals surface area contributed by atoms with Gasteiger partial charge in [0.25, 0.3) is 0 Å². The van der Waals surface area contributed by atoms with Gasteiger partial charge in [-0.1, -0.05) is 19.0 Å². The van der Waals surface area contributed by atoms with Crippen molar-refractivity contribution in [2.75, 3.05) is 7.11 Å². The summed E-state index contributed by atoms with van der Waals surface area (Å²) in [5.74, 6) is 0.750. The van der Waals surface area contributed by atoms with Crippen molar-refractivity contribution in [1.82, 2.24) is 4.98 Å². The first-order chi connectivity index (χ1) is 8.69. The molecule has 0 saturated heterocycles. The van der Waals surface area contributed by atoms with Crippen LogP contribution in [0, 0.1) is 0 Å². The Labute approximate surface area is 107 Å². The minimum absolute atomic E-state index is 0.502. The maximum Gasteiger partial charge on any atom is 0.320 e. The van der Waals surface area contributed by atoms with Gasteiger partial charge >= 0.3 is 6.92 Å². The highest BCUT2D eigenvalue weighted by molar-refractivity contribution is 6.64. The number of aromatic amines is 1. The maximum atomic E-state index is 9.63. The van der Waals surface area contributed by atoms with E-state index in [1.807, 2.05) is 48.7 Å². The smallest absolute Gasteiger partial charge is 0.320 e. The lowest BCUT2D eigenvalue weighted by Gasteiger charge is -2.07. The quantitative estimate of drug-likeness (QED) is 0.804. The van der Waals surface area contributed by atoms with E-state index in [9.17, 15) is 5.02 Å². The van der Waals surface area contributed by atoms with E-state index in [-0.39, 0.29) is 0 Å². The number of nitrogens with one attached hydrogen (secondary N) is 1. The van der Waals surface area contributed by atoms with Crippen LogP contribution >= 0.6 is 0 Å². The van der Waals surface area contributed by atoms with Crippen LogP contribution in [0.25, 0.3) is 12.2 Å². The van der Waals surface area contributed by atoms with Crippen LogP contribution < -0.4 is 10.2 Å². The number of benzene rings is 1. The minimum Gasteiger partial charge on any atom is -0.497 e. The first kappa shape index (κ1) is 12.5. The van der Waals surface area contributed by atoms with Gasteiger partial charge in [0.15, 0.2) is 0 Å². The monoisotopic (exact) mass is 241 g/mol. The highest BCUT2D eigenvalue weighted by atomic mass is 16.5. The van der Waals surface area contributed by atoms with E-state index in [2.05, 4.69) is 4.98 Å². The van der Waals surface area contributed by atoms with Crippen LogP contribution in [0.4, 0.5) is 0 Å². The van der Waals surface area contributed by atoms with Crippen LogP contribution in [-0.2, 0) is 0 Å². The molecule has 0 atom stereocenters. The number of rotatable bonds is 4. The fourth-order valence-electron chi connectivity index (χ4n) is 1.74. The Morgan fingerprint density at radius 2 is 2.11 bits per heavy atom. The summed E-state index contributed by atoms with van der Waals surface area (Å²) in [5, 5.41) is 9.63. The van der Waals surface area contributed by atoms with Gasteiger partial charge in [0.05, 0.1) is 7.11 Å². The van der Waals surface area contributed by atoms with E-state index < -0.39 is 6.92 Å². The van der Waals surface area contributed by atoms with Gasteiger partial charge in [-0.25, -0.2) is 0 Å². The SMILES string of the molecule is COc1cc(/C=C/c2ccc[nH]2)cc(B(C)O)c1. The zero-order valence-corrected chi connectivity index (χ0v) is 10.6. The summed E-state index contributed by atoms with van der Waals surface area (Å²) in [6.07, 6.45) is 5.85. The Morgan fingerprint density at radius 3 is 2.72 bits per heavy atom. The molecule has 1 heterocycles. The van der Waals surface area contributed by atoms with Crippen molar-refractivity contribution in [2.24, 2.45) is 0 Å². The first-order valence-corrected chi connectivity index (χ1v) is 5.87. The van der Waals surface area contributed by atoms with Gasteiger partial charge in [0, 0.05) is 11.9 Å². The normalized spacial score (nSPS) is 10.8. The van der Waals surface area contributed by atoms with Gasteiger partial charge in [-0.05, 0) is 41.4 Å². The summed E-state index contributed by atoms with van der Waals surface area (Å²) in [5.41, 5.74) is 2.89. The molecule has 0 saturated carbocycles. The van der Waals surface area contributed by atoms with E-state index in [1.54, 1.807) is 13.9 Å². The molecule has 92 valence electrons. The van der Waals surface area contributed by atoms with E-state index in [0.717, 1.165) is 22.5 Å². The second-order valence-electron chi connectivity index (χ2n) is 4.17. The van der Waals surface area contributed by atoms with Gasteiger partial charge < -0.3 is 14.7 Å². The molecular weight excluding hydrogens is 225 g/mol. The van der Waals surface area contributed by atoms with Crippen LogP contribution in [0.2, 0.25) is 6.82 Å². The average molecular weight is 241 g/mol. The summed E-state index contributed by atoms with van der Waals surface area (Å²) in [6.45, 7) is 1.24. The third-order valence-corrected chi connectivity index (χ3v) is 2.75. The maximum absolute atomic E-state index is 9.63. The van der Waals surface area contributed by atoms with Gasteiger partial charge in [0.1, 0.15) is 5.75 Å². The van der Waals surface area contributed by atoms with Crippen LogP contribution in [0.5, 0.6) is 5.75 Å². The molecule has 0 amide bonds. The molecule has 1 aromatic carbocycles. The third kappa shape index (κ3) is 3.05. The molecule has 4 heteroatoms. The zero-order chi connectivity index (χ0) is 13.0. The number of hydrogen-bond donors (Lipinski definition) is 2. The van der Waals surface area contributed by atoms with Gasteiger partial charge in [-0.3, -0.25) is 0 Å². The third-order valence-electron chi connectivity index (χ3n) is 2.75. The Balaban J connectivity index is 2.29. The van der Waals surface area contributed by atoms with Crippen LogP contribution in [0.1, 0.15) is 11.3 Å². The van der Waals surface area contributed by atoms with E-state index in [4.69, 9.17) is 4.74 Å². The highest BCUT2D eigenvalue weighted by Gasteiger charge is 2.08. The van der Waals surface area contributed by atoms with Crippen LogP contribution in [0.15, 0.2) is 36.5 Å². The van der Waals surface area contributed by atoms with E-state index in [1.165, 1.54) is 0 Å². The molecule has 0 bridgehead atoms. The molecule has 0 aliphatic rings. The zero-order valence-electron chi connectivity index (χ0n) is 10.6. The molecule has 0 radical (unpaired) electrons. The molecule has 3 nitrogen and oxygen atoms in total. The molecule has 18 heavy (non-hydrogen) atoms. The van der Waals surface area contributed by atoms with E-state index in [0.29, 0.717) is 0 Å². The van der Waals surface area contributed by atoms with Gasteiger partial charge in [0.2, 0.25) is 0 Å². The molecule has 0 aliphatic carbocycles. The predicted molar refractivity (Wildman–Crippen MR) is 76.2 cm³/mol. The fraction of sp³-hybridized carbons (Fsp3) is 0.143. The number of ether oxygens (including phenoxy) is 1. The van der Waals surface area contributed by atoms with Crippen molar-refractivity contribution in [3.05, 3.63) is 47.8 Å². The van der Waals surface area contributed by atoms with Crippen molar-refractivity contribution in [3.8, 4) is 5.75 Å². The topological polar surface area (TPSA) is 45.2 Å². The molecule has 1 aromatic heterocycles. The van der Waals surface area contributed by atoms with Crippen molar-refractivity contribution in [1.29, 1.82) is 0 Å². The number of H-pyrrole nitrogens is 1. The second-order valence-corrected chi connectivity index (χ2v) is 4.17. The standard InChI is InChI=1S/C14H16BNO2/c1-15(17)12-8-11(9-14(10-12)18-2)5-6-13-4-3-7-16-13/h3-10,16-17H,1-2H3/b6-5+. The Kier molecular flexibility index (Phi) is 3.90. The predicted octanol–water partition coefficient (Wildman–Crippen LogP) is 2.01. The first-order valence-electron chi connectivity index (χ1n) is 5.87. The molecule has 2 aromatic rings. The summed E-state index contributed by atoms with van der Waals surface area (Å²) in [4.78, 5) is 3.11. The van der Waals surface area contributed by atoms with Crippen molar-refractivity contribution >= 4 is 24.5 Å². The summed E-state index contributed by atoms with van der Waals surface area (Å²) >= 11 is 0. The second kappa shape index (κ2) is 5.60. The van der Waals surface area contributed by atoms with Crippen molar-refractivity contribution in [2.45, 2.75) is 6.82 Å². The molecule has 0 unspecified atom stereocenters. The highest BCUT2D eigenvalue weighted by Crippen LogP contribution is 2.14. The lowest BCUT2D eigenvalue weighted by atomic mass is 9.64. The van der Waals surface area contributed by atoms with Gasteiger partial charge in [-0.15, -0.1) is 0 Å². The Hall–Kier alpha value is -1.94. The largest absolute Gasteiger partial charge is 0.497 e. The lowest BCUT2D eigenvalue weighted by molar-refractivity contribution is 0.415. The molecule has 0 fully saturated rings. The summed E-state index contributed by atoms with van der Waals surface area (Å²) in [7, 11) is 1.62. The van der Waals surface area contributed by atoms with Crippen molar-refractivity contribution in [3.63, 3.8) is 0 Å². The minimum atomic E-state index is -0.502. The van der Waals surface area contributed by atoms with Crippen molar-refractivity contribution < 1.29 is 9.76 Å². The summed E-state index contributed by atoms with van der Waals surface area (Å²) in [6, 6.07) is 9.67. The number of hydrogen-bond acceptors (Lipinski definition) is 2. The molecule has 0 aliphatic heterocycles. The fourth-order valence-corrected chi connectivity index (χ4v) is 1.74. The molecule has 2 N–H and O–H groups in total. The molecule has 2 rings (SSSR count). The Bertz CT molecular complexity index is 533. The molecule has 0 spiro atoms. The average Bonchev–Trinajstić information content (AvgIpc) is 2.89. The summed E-state index contributed by atoms with van der Waals surface area (Å²) < 4.78 is 5.23. The Morgan fingerprint density at radius 1 is 1.28 bits per heavy atom. The number of methoxy groups -OCH3 is 1. The van der Waals surface area contributed by atoms with Gasteiger partial charge in [-0.2, -0.15) is 0 Å². The molecular formula is C14H16BNO2. The van der Waals surface area contributed by atoms with E-state index >= 15 is 0 Å².